The molecule has 2 heterocycles. The minimum absolute atomic E-state index is 0.230. The average Bonchev–Trinajstić information content (AvgIpc) is 2.83. The molecule has 92 valence electrons. The molecule has 0 bridgehead atoms. The maximum Gasteiger partial charge on any atom is 0.101 e. The predicted octanol–water partition coefficient (Wildman–Crippen LogP) is 3.18. The van der Waals surface area contributed by atoms with Crippen molar-refractivity contribution in [2.24, 2.45) is 5.73 Å². The summed E-state index contributed by atoms with van der Waals surface area (Å²) < 4.78 is 8.15. The first-order valence-electron chi connectivity index (χ1n) is 5.54. The third-order valence-electron chi connectivity index (χ3n) is 2.68. The molecule has 1 unspecified atom stereocenters. The van der Waals surface area contributed by atoms with Gasteiger partial charge < -0.3 is 10.2 Å². The van der Waals surface area contributed by atoms with Crippen LogP contribution in [0.3, 0.4) is 0 Å². The Morgan fingerprint density at radius 1 is 1.47 bits per heavy atom. The summed E-state index contributed by atoms with van der Waals surface area (Å²) in [4.78, 5) is 0. The van der Waals surface area contributed by atoms with E-state index in [4.69, 9.17) is 10.2 Å². The van der Waals surface area contributed by atoms with Crippen molar-refractivity contribution >= 4 is 15.9 Å². The third-order valence-corrected chi connectivity index (χ3v) is 3.29. The highest BCUT2D eigenvalue weighted by Gasteiger charge is 2.20. The van der Waals surface area contributed by atoms with Crippen LogP contribution in [-0.4, -0.2) is 9.78 Å². The normalized spacial score (nSPS) is 13.3. The maximum atomic E-state index is 6.26. The van der Waals surface area contributed by atoms with Gasteiger partial charge in [-0.2, -0.15) is 5.10 Å². The van der Waals surface area contributed by atoms with Crippen LogP contribution in [0.5, 0.6) is 0 Å². The Kier molecular flexibility index (Phi) is 3.40. The second-order valence-corrected chi connectivity index (χ2v) is 5.24. The zero-order valence-corrected chi connectivity index (χ0v) is 11.7. The quantitative estimate of drug-likeness (QED) is 0.947. The average molecular weight is 298 g/mol. The summed E-state index contributed by atoms with van der Waals surface area (Å²) in [5, 5.41) is 4.33. The Bertz CT molecular complexity index is 516. The van der Waals surface area contributed by atoms with Crippen LogP contribution in [-0.2, 0) is 0 Å². The Balaban J connectivity index is 2.43. The molecule has 2 aromatic heterocycles. The van der Waals surface area contributed by atoms with Gasteiger partial charge >= 0.3 is 0 Å². The van der Waals surface area contributed by atoms with Gasteiger partial charge in [-0.05, 0) is 42.8 Å². The molecular formula is C12H16BrN3O. The summed E-state index contributed by atoms with van der Waals surface area (Å²) in [6.07, 6.45) is 3.48. The highest BCUT2D eigenvalue weighted by Crippen LogP contribution is 2.29. The Morgan fingerprint density at radius 2 is 2.18 bits per heavy atom. The number of nitrogens with two attached hydrogens (primary N) is 1. The van der Waals surface area contributed by atoms with Gasteiger partial charge in [0.05, 0.1) is 28.7 Å². The molecule has 0 aliphatic heterocycles. The molecular weight excluding hydrogens is 282 g/mol. The van der Waals surface area contributed by atoms with E-state index in [9.17, 15) is 0 Å². The van der Waals surface area contributed by atoms with Crippen LogP contribution >= 0.6 is 15.9 Å². The van der Waals surface area contributed by atoms with E-state index in [0.717, 1.165) is 21.5 Å². The van der Waals surface area contributed by atoms with Crippen molar-refractivity contribution in [3.8, 4) is 0 Å². The third kappa shape index (κ3) is 2.30. The molecule has 2 N–H and O–H groups in total. The first kappa shape index (κ1) is 12.4. The van der Waals surface area contributed by atoms with Crippen molar-refractivity contribution < 1.29 is 4.42 Å². The molecule has 0 saturated carbocycles. The Morgan fingerprint density at radius 3 is 2.71 bits per heavy atom. The predicted molar refractivity (Wildman–Crippen MR) is 69.8 cm³/mol. The number of hydrogen-bond donors (Lipinski definition) is 1. The van der Waals surface area contributed by atoms with Crippen molar-refractivity contribution in [3.05, 3.63) is 40.0 Å². The van der Waals surface area contributed by atoms with Crippen LogP contribution in [0.4, 0.5) is 0 Å². The van der Waals surface area contributed by atoms with Gasteiger partial charge in [-0.1, -0.05) is 0 Å². The fourth-order valence-electron chi connectivity index (χ4n) is 1.84. The summed E-state index contributed by atoms with van der Waals surface area (Å²) in [6, 6.07) is 2.00. The molecule has 17 heavy (non-hydrogen) atoms. The smallest absolute Gasteiger partial charge is 0.101 e. The van der Waals surface area contributed by atoms with Gasteiger partial charge in [-0.25, -0.2) is 0 Å². The zero-order valence-electron chi connectivity index (χ0n) is 10.1. The van der Waals surface area contributed by atoms with Gasteiger partial charge in [0, 0.05) is 11.6 Å². The van der Waals surface area contributed by atoms with Gasteiger partial charge in [0.1, 0.15) is 5.76 Å². The number of furan rings is 1. The summed E-state index contributed by atoms with van der Waals surface area (Å²) in [7, 11) is 0. The van der Waals surface area contributed by atoms with Crippen LogP contribution in [0.15, 0.2) is 27.4 Å². The van der Waals surface area contributed by atoms with Crippen molar-refractivity contribution in [2.75, 3.05) is 0 Å². The van der Waals surface area contributed by atoms with E-state index in [-0.39, 0.29) is 12.1 Å². The van der Waals surface area contributed by atoms with E-state index >= 15 is 0 Å². The van der Waals surface area contributed by atoms with Gasteiger partial charge in [0.2, 0.25) is 0 Å². The first-order valence-corrected chi connectivity index (χ1v) is 6.33. The molecule has 0 aliphatic carbocycles. The molecule has 0 aromatic carbocycles. The molecule has 0 saturated heterocycles. The van der Waals surface area contributed by atoms with Crippen LogP contribution < -0.4 is 5.73 Å². The van der Waals surface area contributed by atoms with Crippen molar-refractivity contribution in [1.82, 2.24) is 9.78 Å². The number of aryl methyl sites for hydroxylation is 1. The molecule has 2 rings (SSSR count). The van der Waals surface area contributed by atoms with Gasteiger partial charge in [-0.3, -0.25) is 4.68 Å². The number of aromatic nitrogens is 2. The van der Waals surface area contributed by atoms with E-state index < -0.39 is 0 Å². The van der Waals surface area contributed by atoms with E-state index in [1.54, 1.807) is 12.5 Å². The Hall–Kier alpha value is -1.07. The monoisotopic (exact) mass is 297 g/mol. The van der Waals surface area contributed by atoms with Crippen LogP contribution in [0.25, 0.3) is 0 Å². The molecule has 0 spiro atoms. The summed E-state index contributed by atoms with van der Waals surface area (Å²) in [5.74, 6) is 0.863. The Labute approximate surface area is 109 Å². The summed E-state index contributed by atoms with van der Waals surface area (Å²) in [6.45, 7) is 6.07. The molecule has 1 atom stereocenters. The van der Waals surface area contributed by atoms with Gasteiger partial charge in [0.15, 0.2) is 0 Å². The molecule has 0 amide bonds. The fourth-order valence-corrected chi connectivity index (χ4v) is 2.36. The molecule has 4 nitrogen and oxygen atoms in total. The second-order valence-electron chi connectivity index (χ2n) is 4.38. The van der Waals surface area contributed by atoms with E-state index in [0.29, 0.717) is 0 Å². The SMILES string of the molecule is Cc1cc(C(N)c2c(Br)cnn2C(C)C)co1. The number of halogens is 1. The maximum absolute atomic E-state index is 6.26. The number of nitrogens with zero attached hydrogens (tertiary/aromatic N) is 2. The minimum atomic E-state index is -0.230. The van der Waals surface area contributed by atoms with Gasteiger partial charge in [0.25, 0.3) is 0 Å². The molecule has 5 heteroatoms. The standard InChI is InChI=1S/C12H16BrN3O/c1-7(2)16-12(10(13)5-15-16)11(14)9-4-8(3)17-6-9/h4-7,11H,14H2,1-3H3. The molecule has 0 fully saturated rings. The highest BCUT2D eigenvalue weighted by atomic mass is 79.9. The van der Waals surface area contributed by atoms with Gasteiger partial charge in [-0.15, -0.1) is 0 Å². The van der Waals surface area contributed by atoms with Crippen LogP contribution in [0.1, 0.15) is 42.9 Å². The first-order chi connectivity index (χ1) is 8.00. The minimum Gasteiger partial charge on any atom is -0.469 e. The molecule has 0 aliphatic rings. The lowest BCUT2D eigenvalue weighted by molar-refractivity contribution is 0.495. The van der Waals surface area contributed by atoms with Crippen molar-refractivity contribution in [2.45, 2.75) is 32.9 Å². The molecule has 0 radical (unpaired) electrons. The lowest BCUT2D eigenvalue weighted by atomic mass is 10.1. The van der Waals surface area contributed by atoms with E-state index in [1.165, 1.54) is 0 Å². The van der Waals surface area contributed by atoms with E-state index in [1.807, 2.05) is 17.7 Å². The van der Waals surface area contributed by atoms with Crippen LogP contribution in [0, 0.1) is 6.92 Å². The second kappa shape index (κ2) is 4.66. The number of hydrogen-bond acceptors (Lipinski definition) is 3. The van der Waals surface area contributed by atoms with E-state index in [2.05, 4.69) is 34.9 Å². The highest BCUT2D eigenvalue weighted by molar-refractivity contribution is 9.10. The zero-order chi connectivity index (χ0) is 12.6. The number of rotatable bonds is 3. The largest absolute Gasteiger partial charge is 0.469 e. The topological polar surface area (TPSA) is 57.0 Å². The summed E-state index contributed by atoms with van der Waals surface area (Å²) >= 11 is 3.50. The van der Waals surface area contributed by atoms with Crippen LogP contribution in [0.2, 0.25) is 0 Å². The fraction of sp³-hybridized carbons (Fsp3) is 0.417. The lowest BCUT2D eigenvalue weighted by Gasteiger charge is -2.16. The van der Waals surface area contributed by atoms with Crippen molar-refractivity contribution in [1.29, 1.82) is 0 Å². The summed E-state index contributed by atoms with van der Waals surface area (Å²) in [5.41, 5.74) is 8.20. The lowest BCUT2D eigenvalue weighted by Crippen LogP contribution is -2.18. The molecule has 2 aromatic rings. The van der Waals surface area contributed by atoms with Crippen molar-refractivity contribution in [3.63, 3.8) is 0 Å².